The van der Waals surface area contributed by atoms with E-state index in [4.69, 9.17) is 8.94 Å². The van der Waals surface area contributed by atoms with Gasteiger partial charge in [0.15, 0.2) is 5.82 Å². The number of hydrogen-bond donors (Lipinski definition) is 0. The molecule has 0 saturated carbocycles. The Morgan fingerprint density at radius 2 is 2.25 bits per heavy atom. The molecule has 0 amide bonds. The lowest BCUT2D eigenvalue weighted by molar-refractivity contribution is 0.422. The Labute approximate surface area is 127 Å². The summed E-state index contributed by atoms with van der Waals surface area (Å²) >= 11 is 4.63. The quantitative estimate of drug-likeness (QED) is 0.638. The van der Waals surface area contributed by atoms with Crippen LogP contribution in [-0.2, 0) is 11.5 Å². The molecule has 0 atom stereocenters. The third-order valence-corrected chi connectivity index (χ3v) is 4.31. The van der Waals surface area contributed by atoms with Gasteiger partial charge in [-0.15, -0.1) is 10.2 Å². The van der Waals surface area contributed by atoms with Gasteiger partial charge in [-0.25, -0.2) is 0 Å². The van der Waals surface area contributed by atoms with Crippen molar-refractivity contribution in [1.82, 2.24) is 20.3 Å². The van der Waals surface area contributed by atoms with Crippen LogP contribution >= 0.6 is 34.9 Å². The van der Waals surface area contributed by atoms with Gasteiger partial charge in [0.1, 0.15) is 0 Å². The summed E-state index contributed by atoms with van der Waals surface area (Å²) in [5.74, 6) is 3.04. The summed E-state index contributed by atoms with van der Waals surface area (Å²) < 4.78 is 10.7. The highest BCUT2D eigenvalue weighted by atomic mass is 32.2. The lowest BCUT2D eigenvalue weighted by Gasteiger charge is -1.90. The van der Waals surface area contributed by atoms with Crippen molar-refractivity contribution in [3.8, 4) is 11.5 Å². The van der Waals surface area contributed by atoms with Gasteiger partial charge >= 0.3 is 0 Å². The van der Waals surface area contributed by atoms with Crippen molar-refractivity contribution in [2.45, 2.75) is 16.7 Å². The SMILES string of the molecule is CSCc1nnc(SCc2noc(-c3ccsc3)n2)o1. The molecule has 0 unspecified atom stereocenters. The number of thiophene rings is 1. The molecule has 9 heteroatoms. The highest BCUT2D eigenvalue weighted by Gasteiger charge is 2.12. The number of nitrogens with zero attached hydrogens (tertiary/aromatic N) is 4. The maximum absolute atomic E-state index is 5.46. The number of thioether (sulfide) groups is 2. The van der Waals surface area contributed by atoms with E-state index in [0.717, 1.165) is 11.3 Å². The molecule has 0 N–H and O–H groups in total. The maximum atomic E-state index is 5.46. The average Bonchev–Trinajstić information content (AvgIpc) is 3.18. The first kappa shape index (κ1) is 13.7. The molecule has 3 rings (SSSR count). The molecule has 0 fully saturated rings. The van der Waals surface area contributed by atoms with Gasteiger partial charge in [0, 0.05) is 5.38 Å². The number of aromatic nitrogens is 4. The summed E-state index contributed by atoms with van der Waals surface area (Å²) in [5.41, 5.74) is 0.943. The van der Waals surface area contributed by atoms with Gasteiger partial charge in [-0.2, -0.15) is 28.1 Å². The van der Waals surface area contributed by atoms with E-state index in [9.17, 15) is 0 Å². The van der Waals surface area contributed by atoms with Crippen molar-refractivity contribution >= 4 is 34.9 Å². The van der Waals surface area contributed by atoms with Crippen LogP contribution in [0.15, 0.2) is 31.0 Å². The summed E-state index contributed by atoms with van der Waals surface area (Å²) in [6.45, 7) is 0. The van der Waals surface area contributed by atoms with E-state index in [1.807, 2.05) is 23.1 Å². The predicted molar refractivity (Wildman–Crippen MR) is 78.7 cm³/mol. The first-order valence-corrected chi connectivity index (χ1v) is 8.96. The molecular formula is C11H10N4O2S3. The molecule has 0 aliphatic rings. The van der Waals surface area contributed by atoms with Crippen molar-refractivity contribution < 1.29 is 8.94 Å². The molecule has 3 heterocycles. The van der Waals surface area contributed by atoms with Crippen molar-refractivity contribution in [2.75, 3.05) is 6.26 Å². The summed E-state index contributed by atoms with van der Waals surface area (Å²) in [4.78, 5) is 4.33. The smallest absolute Gasteiger partial charge is 0.277 e. The summed E-state index contributed by atoms with van der Waals surface area (Å²) in [6, 6.07) is 1.95. The van der Waals surface area contributed by atoms with Crippen molar-refractivity contribution in [3.63, 3.8) is 0 Å². The lowest BCUT2D eigenvalue weighted by atomic mass is 10.3. The van der Waals surface area contributed by atoms with Gasteiger partial charge < -0.3 is 8.94 Å². The molecule has 6 nitrogen and oxygen atoms in total. The fraction of sp³-hybridized carbons (Fsp3) is 0.273. The second-order valence-electron chi connectivity index (χ2n) is 3.71. The first-order valence-electron chi connectivity index (χ1n) is 5.64. The molecule has 0 spiro atoms. The second-order valence-corrected chi connectivity index (χ2v) is 6.28. The molecule has 3 aromatic heterocycles. The lowest BCUT2D eigenvalue weighted by Crippen LogP contribution is -1.84. The van der Waals surface area contributed by atoms with Crippen molar-refractivity contribution in [3.05, 3.63) is 28.5 Å². The maximum Gasteiger partial charge on any atom is 0.277 e. The number of hydrogen-bond acceptors (Lipinski definition) is 9. The topological polar surface area (TPSA) is 77.8 Å². The molecule has 0 radical (unpaired) electrons. The van der Waals surface area contributed by atoms with E-state index in [2.05, 4.69) is 20.3 Å². The van der Waals surface area contributed by atoms with Crippen LogP contribution in [0.3, 0.4) is 0 Å². The fourth-order valence-electron chi connectivity index (χ4n) is 1.42. The van der Waals surface area contributed by atoms with Crippen LogP contribution < -0.4 is 0 Å². The monoisotopic (exact) mass is 326 g/mol. The van der Waals surface area contributed by atoms with Gasteiger partial charge in [-0.1, -0.05) is 16.9 Å². The normalized spacial score (nSPS) is 11.1. The van der Waals surface area contributed by atoms with E-state index in [1.165, 1.54) is 11.8 Å². The zero-order chi connectivity index (χ0) is 13.8. The second kappa shape index (κ2) is 6.42. The van der Waals surface area contributed by atoms with E-state index in [1.54, 1.807) is 23.1 Å². The Morgan fingerprint density at radius 1 is 1.30 bits per heavy atom. The zero-order valence-corrected chi connectivity index (χ0v) is 12.9. The molecule has 0 saturated heterocycles. The van der Waals surface area contributed by atoms with E-state index < -0.39 is 0 Å². The molecule has 20 heavy (non-hydrogen) atoms. The Morgan fingerprint density at radius 3 is 3.05 bits per heavy atom. The molecule has 0 aromatic carbocycles. The molecule has 3 aromatic rings. The molecule has 0 bridgehead atoms. The zero-order valence-electron chi connectivity index (χ0n) is 10.5. The van der Waals surface area contributed by atoms with Crippen LogP contribution in [0.4, 0.5) is 0 Å². The van der Waals surface area contributed by atoms with E-state index in [0.29, 0.717) is 28.6 Å². The number of rotatable bonds is 6. The van der Waals surface area contributed by atoms with Crippen LogP contribution in [0.5, 0.6) is 0 Å². The first-order chi connectivity index (χ1) is 9.85. The molecular weight excluding hydrogens is 316 g/mol. The van der Waals surface area contributed by atoms with Crippen LogP contribution in [-0.4, -0.2) is 26.6 Å². The Hall–Kier alpha value is -1.32. The van der Waals surface area contributed by atoms with E-state index in [-0.39, 0.29) is 0 Å². The van der Waals surface area contributed by atoms with Gasteiger partial charge in [0.2, 0.25) is 5.89 Å². The van der Waals surface area contributed by atoms with Crippen LogP contribution in [0.25, 0.3) is 11.5 Å². The van der Waals surface area contributed by atoms with E-state index >= 15 is 0 Å². The van der Waals surface area contributed by atoms with Crippen molar-refractivity contribution in [2.24, 2.45) is 0 Å². The van der Waals surface area contributed by atoms with Crippen LogP contribution in [0.2, 0.25) is 0 Å². The predicted octanol–water partition coefficient (Wildman–Crippen LogP) is 3.34. The van der Waals surface area contributed by atoms with Crippen LogP contribution in [0, 0.1) is 0 Å². The largest absolute Gasteiger partial charge is 0.415 e. The Bertz CT molecular complexity index is 665. The Kier molecular flexibility index (Phi) is 4.38. The minimum atomic E-state index is 0.524. The van der Waals surface area contributed by atoms with Gasteiger partial charge in [0.25, 0.3) is 11.1 Å². The highest BCUT2D eigenvalue weighted by molar-refractivity contribution is 7.98. The fourth-order valence-corrected chi connectivity index (χ4v) is 3.04. The molecule has 0 aliphatic heterocycles. The van der Waals surface area contributed by atoms with Gasteiger partial charge in [-0.05, 0) is 17.7 Å². The standard InChI is InChI=1S/C11H10N4O2S3/c1-18-6-9-13-14-11(16-9)20-5-8-12-10(17-15-8)7-2-3-19-4-7/h2-4H,5-6H2,1H3. The average molecular weight is 326 g/mol. The summed E-state index contributed by atoms with van der Waals surface area (Å²) in [7, 11) is 0. The third kappa shape index (κ3) is 3.22. The summed E-state index contributed by atoms with van der Waals surface area (Å²) in [6.07, 6.45) is 1.99. The minimum absolute atomic E-state index is 0.524. The van der Waals surface area contributed by atoms with Crippen molar-refractivity contribution in [1.29, 1.82) is 0 Å². The summed E-state index contributed by atoms with van der Waals surface area (Å²) in [5, 5.41) is 16.3. The molecule has 104 valence electrons. The van der Waals surface area contributed by atoms with Gasteiger partial charge in [0.05, 0.1) is 17.1 Å². The Balaban J connectivity index is 1.60. The third-order valence-electron chi connectivity index (χ3n) is 2.28. The molecule has 0 aliphatic carbocycles. The minimum Gasteiger partial charge on any atom is -0.415 e. The highest BCUT2D eigenvalue weighted by Crippen LogP contribution is 2.24. The van der Waals surface area contributed by atoms with Crippen LogP contribution in [0.1, 0.15) is 11.7 Å². The van der Waals surface area contributed by atoms with Gasteiger partial charge in [-0.3, -0.25) is 0 Å².